The summed E-state index contributed by atoms with van der Waals surface area (Å²) < 4.78 is 40.1. The number of nitrogens with one attached hydrogen (secondary N) is 1. The Morgan fingerprint density at radius 3 is 2.48 bits per heavy atom. The molecule has 27 heavy (non-hydrogen) atoms. The molecule has 1 aromatic carbocycles. The lowest BCUT2D eigenvalue weighted by Gasteiger charge is -2.15. The molecule has 0 bridgehead atoms. The van der Waals surface area contributed by atoms with Crippen molar-refractivity contribution in [2.24, 2.45) is 0 Å². The highest BCUT2D eigenvalue weighted by molar-refractivity contribution is 5.56. The van der Waals surface area contributed by atoms with E-state index in [-0.39, 0.29) is 0 Å². The third-order valence-electron chi connectivity index (χ3n) is 4.64. The molecule has 0 unspecified atom stereocenters. The Morgan fingerprint density at radius 2 is 1.74 bits per heavy atom. The minimum Gasteiger partial charge on any atom is -0.339 e. The second kappa shape index (κ2) is 6.68. The average molecular weight is 373 g/mol. The van der Waals surface area contributed by atoms with Crippen LogP contribution in [0.1, 0.15) is 35.6 Å². The first-order valence-electron chi connectivity index (χ1n) is 8.75. The molecule has 8 heteroatoms. The number of alkyl halides is 3. The van der Waals surface area contributed by atoms with Crippen molar-refractivity contribution in [3.05, 3.63) is 59.4 Å². The lowest BCUT2D eigenvalue weighted by Crippen LogP contribution is -2.10. The lowest BCUT2D eigenvalue weighted by molar-refractivity contribution is -0.137. The van der Waals surface area contributed by atoms with Gasteiger partial charge in [-0.2, -0.15) is 13.2 Å². The summed E-state index contributed by atoms with van der Waals surface area (Å²) >= 11 is 0. The molecule has 1 N–H and O–H groups in total. The van der Waals surface area contributed by atoms with E-state index in [9.17, 15) is 13.2 Å². The summed E-state index contributed by atoms with van der Waals surface area (Å²) in [4.78, 5) is 13.4. The van der Waals surface area contributed by atoms with Crippen molar-refractivity contribution < 1.29 is 13.2 Å². The molecule has 140 valence electrons. The molecule has 1 aliphatic rings. The molecule has 0 saturated heterocycles. The number of hydrogen-bond acceptors (Lipinski definition) is 4. The second-order valence-corrected chi connectivity index (χ2v) is 6.56. The van der Waals surface area contributed by atoms with Gasteiger partial charge in [-0.25, -0.2) is 9.97 Å². The Bertz CT molecular complexity index is 960. The fourth-order valence-corrected chi connectivity index (χ4v) is 3.39. The molecule has 4 rings (SSSR count). The van der Waals surface area contributed by atoms with E-state index in [0.717, 1.165) is 49.3 Å². The van der Waals surface area contributed by atoms with Gasteiger partial charge in [-0.15, -0.1) is 0 Å². The van der Waals surface area contributed by atoms with Gasteiger partial charge in [0.25, 0.3) is 0 Å². The van der Waals surface area contributed by atoms with E-state index in [1.54, 1.807) is 12.4 Å². The van der Waals surface area contributed by atoms with Gasteiger partial charge in [-0.05, 0) is 56.9 Å². The lowest BCUT2D eigenvalue weighted by atomic mass is 10.0. The van der Waals surface area contributed by atoms with Crippen molar-refractivity contribution in [2.75, 3.05) is 5.32 Å². The molecule has 0 atom stereocenters. The van der Waals surface area contributed by atoms with E-state index in [0.29, 0.717) is 17.3 Å². The first kappa shape index (κ1) is 17.5. The molecule has 2 aromatic heterocycles. The summed E-state index contributed by atoms with van der Waals surface area (Å²) in [6, 6.07) is 4.83. The monoisotopic (exact) mass is 373 g/mol. The Hall–Kier alpha value is -2.90. The molecule has 0 spiro atoms. The summed E-state index contributed by atoms with van der Waals surface area (Å²) in [6.45, 7) is 1.94. The van der Waals surface area contributed by atoms with E-state index in [2.05, 4.69) is 20.3 Å². The molecule has 0 fully saturated rings. The van der Waals surface area contributed by atoms with Crippen LogP contribution in [0.4, 0.5) is 24.7 Å². The third kappa shape index (κ3) is 3.51. The minimum atomic E-state index is -4.35. The van der Waals surface area contributed by atoms with Crippen molar-refractivity contribution in [2.45, 2.75) is 38.8 Å². The third-order valence-corrected chi connectivity index (χ3v) is 4.64. The number of fused-ring (bicyclic) bond motifs is 1. The smallest absolute Gasteiger partial charge is 0.339 e. The van der Waals surface area contributed by atoms with Gasteiger partial charge in [0.05, 0.1) is 23.7 Å². The number of aryl methyl sites for hydroxylation is 2. The zero-order chi connectivity index (χ0) is 19.0. The molecule has 0 amide bonds. The highest BCUT2D eigenvalue weighted by atomic mass is 19.4. The average Bonchev–Trinajstić information content (AvgIpc) is 2.97. The van der Waals surface area contributed by atoms with Crippen molar-refractivity contribution in [3.8, 4) is 5.82 Å². The minimum absolute atomic E-state index is 0.463. The molecule has 0 saturated carbocycles. The zero-order valence-corrected chi connectivity index (χ0v) is 14.7. The van der Waals surface area contributed by atoms with Crippen molar-refractivity contribution in [1.29, 1.82) is 0 Å². The van der Waals surface area contributed by atoms with Gasteiger partial charge in [-0.1, -0.05) is 0 Å². The quantitative estimate of drug-likeness (QED) is 0.728. The Labute approximate surface area is 154 Å². The second-order valence-electron chi connectivity index (χ2n) is 6.56. The summed E-state index contributed by atoms with van der Waals surface area (Å²) in [6.07, 6.45) is 3.05. The Balaban J connectivity index is 1.61. The van der Waals surface area contributed by atoms with Crippen LogP contribution >= 0.6 is 0 Å². The molecule has 3 aromatic rings. The predicted molar refractivity (Wildman–Crippen MR) is 95.3 cm³/mol. The van der Waals surface area contributed by atoms with E-state index >= 15 is 0 Å². The predicted octanol–water partition coefficient (Wildman–Crippen LogP) is 4.61. The van der Waals surface area contributed by atoms with Crippen molar-refractivity contribution in [1.82, 2.24) is 19.5 Å². The number of imidazole rings is 1. The maximum atomic E-state index is 12.7. The van der Waals surface area contributed by atoms with Gasteiger partial charge in [0.1, 0.15) is 5.82 Å². The van der Waals surface area contributed by atoms with E-state index in [1.807, 2.05) is 11.5 Å². The van der Waals surface area contributed by atoms with Crippen LogP contribution in [-0.4, -0.2) is 19.5 Å². The molecule has 2 heterocycles. The Morgan fingerprint density at radius 1 is 1.00 bits per heavy atom. The fourth-order valence-electron chi connectivity index (χ4n) is 3.39. The van der Waals surface area contributed by atoms with Gasteiger partial charge in [0, 0.05) is 11.4 Å². The molecular weight excluding hydrogens is 355 g/mol. The van der Waals surface area contributed by atoms with Crippen LogP contribution in [0, 0.1) is 6.92 Å². The van der Waals surface area contributed by atoms with Gasteiger partial charge in [0.2, 0.25) is 0 Å². The van der Waals surface area contributed by atoms with E-state index in [1.165, 1.54) is 17.8 Å². The molecule has 0 aliphatic heterocycles. The fraction of sp³-hybridized carbons (Fsp3) is 0.316. The SMILES string of the molecule is Cc1nc2c(n1-c1cncc(Nc3ccc(C(F)(F)F)cc3)n1)CCCC2. The van der Waals surface area contributed by atoms with Crippen LogP contribution in [0.25, 0.3) is 5.82 Å². The van der Waals surface area contributed by atoms with Gasteiger partial charge < -0.3 is 5.32 Å². The largest absolute Gasteiger partial charge is 0.416 e. The van der Waals surface area contributed by atoms with Crippen LogP contribution in [0.5, 0.6) is 0 Å². The summed E-state index contributed by atoms with van der Waals surface area (Å²) in [5, 5.41) is 3.01. The standard InChI is InChI=1S/C19H18F3N5/c1-12-24-15-4-2-3-5-16(15)27(12)18-11-23-10-17(26-18)25-14-8-6-13(7-9-14)19(20,21)22/h6-11H,2-5H2,1H3,(H,25,26). The van der Waals surface area contributed by atoms with Gasteiger partial charge >= 0.3 is 6.18 Å². The van der Waals surface area contributed by atoms with Crippen LogP contribution in [0.15, 0.2) is 36.7 Å². The molecule has 5 nitrogen and oxygen atoms in total. The zero-order valence-electron chi connectivity index (χ0n) is 14.7. The number of aromatic nitrogens is 4. The number of anilines is 2. The van der Waals surface area contributed by atoms with E-state index < -0.39 is 11.7 Å². The number of benzene rings is 1. The van der Waals surface area contributed by atoms with E-state index in [4.69, 9.17) is 0 Å². The van der Waals surface area contributed by atoms with Crippen molar-refractivity contribution >= 4 is 11.5 Å². The molecule has 0 radical (unpaired) electrons. The van der Waals surface area contributed by atoms with Crippen molar-refractivity contribution in [3.63, 3.8) is 0 Å². The van der Waals surface area contributed by atoms with Crippen LogP contribution in [-0.2, 0) is 19.0 Å². The maximum absolute atomic E-state index is 12.7. The Kier molecular flexibility index (Phi) is 4.33. The number of halogens is 3. The maximum Gasteiger partial charge on any atom is 0.416 e. The van der Waals surface area contributed by atoms with Gasteiger partial charge in [0.15, 0.2) is 11.6 Å². The highest BCUT2D eigenvalue weighted by Gasteiger charge is 2.30. The van der Waals surface area contributed by atoms with Crippen LogP contribution in [0.3, 0.4) is 0 Å². The van der Waals surface area contributed by atoms with Gasteiger partial charge in [-0.3, -0.25) is 9.55 Å². The molecular formula is C19H18F3N5. The number of rotatable bonds is 3. The normalized spacial score (nSPS) is 14.1. The summed E-state index contributed by atoms with van der Waals surface area (Å²) in [5.74, 6) is 1.98. The molecule has 1 aliphatic carbocycles. The number of nitrogens with zero attached hydrogens (tertiary/aromatic N) is 4. The highest BCUT2D eigenvalue weighted by Crippen LogP contribution is 2.30. The van der Waals surface area contributed by atoms with Crippen LogP contribution < -0.4 is 5.32 Å². The number of hydrogen-bond donors (Lipinski definition) is 1. The van der Waals surface area contributed by atoms with Crippen LogP contribution in [0.2, 0.25) is 0 Å². The first-order chi connectivity index (χ1) is 12.9. The topological polar surface area (TPSA) is 55.6 Å². The first-order valence-corrected chi connectivity index (χ1v) is 8.75. The summed E-state index contributed by atoms with van der Waals surface area (Å²) in [7, 11) is 0. The summed E-state index contributed by atoms with van der Waals surface area (Å²) in [5.41, 5.74) is 2.11.